The number of pyridine rings is 1. The van der Waals surface area contributed by atoms with Crippen LogP contribution in [0.15, 0.2) is 175 Å². The van der Waals surface area contributed by atoms with Crippen LogP contribution in [0.2, 0.25) is 20.1 Å². The van der Waals surface area contributed by atoms with E-state index in [4.69, 9.17) is 69.8 Å². The summed E-state index contributed by atoms with van der Waals surface area (Å²) in [4.78, 5) is 109. The van der Waals surface area contributed by atoms with Crippen LogP contribution in [0.1, 0.15) is 166 Å². The maximum Gasteiger partial charge on any atom is 0.254 e. The second-order valence-corrected chi connectivity index (χ2v) is 37.2. The number of benzene rings is 7. The van der Waals surface area contributed by atoms with Crippen molar-refractivity contribution in [3.8, 4) is 28.8 Å². The zero-order chi connectivity index (χ0) is 85.1. The Kier molecular flexibility index (Phi) is 22.2. The molecule has 626 valence electrons. The maximum atomic E-state index is 12.8. The summed E-state index contributed by atoms with van der Waals surface area (Å²) in [7, 11) is 0. The molecule has 31 heteroatoms. The Morgan fingerprint density at radius 1 is 0.426 bits per heavy atom. The molecule has 24 rings (SSSR count). The SMILES string of the molecule is Cc1cc(OCC(=O)CC23CC(NC(=O)c4ccc5n[nH]nc5c4)(C2)C3)ccc1Cl.Cc1cc(OCC(=O)CC23CC(NC(=O)c4ccc5ocnc5c4)(C2)C3)ccc1Cl.Cc1cc(OCC(=O)CC23CC(NC(=O)c4cccc5nsnc45)(C2)C3)ccc1Cl.Cc1cc(OCC(=O)CC23CC(NC(=O)c4cnn(-c5ccccn5)c4)(C2)C3)ccc1Cl. The predicted molar refractivity (Wildman–Crippen MR) is 458 cm³/mol. The highest BCUT2D eigenvalue weighted by Crippen LogP contribution is 2.72. The Morgan fingerprint density at radius 3 is 1.26 bits per heavy atom. The van der Waals surface area contributed by atoms with Crippen LogP contribution in [0.5, 0.6) is 23.0 Å². The number of hydrogen-bond acceptors (Lipinski definition) is 21. The first-order chi connectivity index (χ1) is 58.4. The standard InChI is InChI=1S/C24H23ClN4O3.C23H21ClN2O4.C22H21ClN4O3.C22H20ClN3O3S/c1-16-8-19(5-6-20(16)25)32-12-18(30)9-23-13-24(14-23,15-23)28-22(31)17-10-27-29(11-17)21-4-2-3-7-26-21;1-14-6-17(3-4-18(14)24)29-9-16(27)8-22-10-23(11-22,12-22)26-21(28)15-2-5-20-19(7-15)25-13-30-20;1-13-6-16(3-4-17(13)23)30-9-15(28)8-21-10-22(11-21,12-21)24-20(29)14-2-5-18-19(7-14)26-27-25-18;1-13-7-15(5-6-17(13)23)29-9-14(27)8-21-10-22(11-21,12-21)24-20(28)16-3-2-4-18-19(16)26-30-25-18/h2-8,10-11H,9,12-15H2,1H3,(H,28,31);2-7,13H,8-12H2,1H3,(H,26,28);2-7H,8-12H2,1H3,(H,24,29)(H,25,26,27);2-7H,8-12H2,1H3,(H,24,28). The van der Waals surface area contributed by atoms with Gasteiger partial charge in [-0.15, -0.1) is 0 Å². The van der Waals surface area contributed by atoms with Gasteiger partial charge in [0.1, 0.15) is 77.0 Å². The van der Waals surface area contributed by atoms with Crippen molar-refractivity contribution in [3.05, 3.63) is 235 Å². The van der Waals surface area contributed by atoms with E-state index in [0.717, 1.165) is 122 Å². The molecule has 5 aromatic heterocycles. The lowest BCUT2D eigenvalue weighted by molar-refractivity contribution is -0.163. The van der Waals surface area contributed by atoms with Crippen LogP contribution in [0.3, 0.4) is 0 Å². The third-order valence-electron chi connectivity index (χ3n) is 24.9. The number of carbonyl (C=O) groups is 8. The first-order valence-corrected chi connectivity index (χ1v) is 42.4. The number of fused-ring (bicyclic) bond motifs is 3. The third-order valence-corrected chi connectivity index (χ3v) is 27.2. The van der Waals surface area contributed by atoms with Gasteiger partial charge in [-0.3, -0.25) is 38.4 Å². The number of rotatable bonds is 29. The first-order valence-electron chi connectivity index (χ1n) is 40.2. The Balaban J connectivity index is 0.000000116. The van der Waals surface area contributed by atoms with Gasteiger partial charge in [-0.05, 0) is 282 Å². The summed E-state index contributed by atoms with van der Waals surface area (Å²) in [5.41, 5.74) is 9.27. The van der Waals surface area contributed by atoms with Gasteiger partial charge in [0.25, 0.3) is 23.6 Å². The van der Waals surface area contributed by atoms with Gasteiger partial charge in [0, 0.05) is 91.5 Å². The van der Waals surface area contributed by atoms with Crippen molar-refractivity contribution in [2.75, 3.05) is 26.4 Å². The van der Waals surface area contributed by atoms with Crippen LogP contribution >= 0.6 is 58.1 Å². The number of carbonyl (C=O) groups excluding carboxylic acids is 8. The maximum absolute atomic E-state index is 12.8. The number of hydrogen-bond donors (Lipinski definition) is 5. The van der Waals surface area contributed by atoms with E-state index in [-0.39, 0.29) is 117 Å². The molecule has 0 radical (unpaired) electrons. The average molecular weight is 1740 g/mol. The van der Waals surface area contributed by atoms with Crippen molar-refractivity contribution < 1.29 is 61.7 Å². The van der Waals surface area contributed by atoms with E-state index < -0.39 is 0 Å². The summed E-state index contributed by atoms with van der Waals surface area (Å²) in [5.74, 6) is 3.10. The van der Waals surface area contributed by atoms with E-state index in [9.17, 15) is 38.4 Å². The Hall–Kier alpha value is -11.5. The molecule has 8 bridgehead atoms. The van der Waals surface area contributed by atoms with Crippen molar-refractivity contribution >= 4 is 138 Å². The van der Waals surface area contributed by atoms with Gasteiger partial charge in [0.2, 0.25) is 0 Å². The minimum absolute atomic E-state index is 0.00176. The summed E-state index contributed by atoms with van der Waals surface area (Å²) < 4.78 is 37.7. The second-order valence-electron chi connectivity index (χ2n) is 35.1. The number of nitrogens with one attached hydrogen (secondary N) is 5. The molecule has 0 saturated heterocycles. The van der Waals surface area contributed by atoms with Crippen LogP contribution in [0.4, 0.5) is 0 Å². The number of H-pyrrole nitrogens is 1. The van der Waals surface area contributed by atoms with E-state index in [0.29, 0.717) is 119 Å². The van der Waals surface area contributed by atoms with Crippen LogP contribution in [-0.4, -0.2) is 139 Å². The first kappa shape index (κ1) is 82.8. The quantitative estimate of drug-likeness (QED) is 0.0291. The Bertz CT molecular complexity index is 5920. The van der Waals surface area contributed by atoms with Gasteiger partial charge in [0.05, 0.1) is 29.1 Å². The molecular weight excluding hydrogens is 1660 g/mol. The second kappa shape index (κ2) is 32.7. The average Bonchev–Trinajstić information content (AvgIpc) is 0.798. The topological polar surface area (TPSA) is 346 Å². The lowest BCUT2D eigenvalue weighted by Crippen LogP contribution is -2.75. The lowest BCUT2D eigenvalue weighted by Gasteiger charge is -2.70. The number of aromatic amines is 1. The molecule has 12 aliphatic rings. The van der Waals surface area contributed by atoms with Crippen LogP contribution in [0.25, 0.3) is 39.0 Å². The Morgan fingerprint density at radius 2 is 0.836 bits per heavy atom. The lowest BCUT2D eigenvalue weighted by atomic mass is 9.38. The number of amides is 4. The Labute approximate surface area is 724 Å². The number of Topliss-reactive ketones (excluding diaryl/α,β-unsaturated/α-hetero) is 4. The fourth-order valence-corrected chi connectivity index (χ4v) is 20.9. The smallest absolute Gasteiger partial charge is 0.254 e. The molecule has 12 saturated carbocycles. The van der Waals surface area contributed by atoms with Crippen LogP contribution < -0.4 is 40.2 Å². The number of nitrogens with zero attached hydrogens (tertiary/aromatic N) is 8. The molecule has 4 amide bonds. The minimum Gasteiger partial charge on any atom is -0.486 e. The summed E-state index contributed by atoms with van der Waals surface area (Å²) >= 11 is 25.2. The largest absolute Gasteiger partial charge is 0.486 e. The molecule has 5 heterocycles. The molecular formula is C91H85Cl4N13O13S. The fourth-order valence-electron chi connectivity index (χ4n) is 19.9. The highest BCUT2D eigenvalue weighted by Gasteiger charge is 2.71. The van der Waals surface area contributed by atoms with E-state index in [1.54, 1.807) is 114 Å². The highest BCUT2D eigenvalue weighted by molar-refractivity contribution is 7.00. The van der Waals surface area contributed by atoms with E-state index in [2.05, 4.69) is 60.5 Å². The molecule has 12 fully saturated rings. The van der Waals surface area contributed by atoms with Gasteiger partial charge in [-0.25, -0.2) is 14.6 Å². The zero-order valence-electron chi connectivity index (χ0n) is 67.1. The number of ether oxygens (including phenoxy) is 4. The molecule has 0 unspecified atom stereocenters. The van der Waals surface area contributed by atoms with Gasteiger partial charge >= 0.3 is 0 Å². The van der Waals surface area contributed by atoms with Gasteiger partial charge in [0.15, 0.2) is 40.9 Å². The van der Waals surface area contributed by atoms with Crippen molar-refractivity contribution in [1.82, 2.24) is 65.2 Å². The molecule has 7 aromatic carbocycles. The molecule has 12 aliphatic carbocycles. The third kappa shape index (κ3) is 17.5. The van der Waals surface area contributed by atoms with Crippen molar-refractivity contribution in [3.63, 3.8) is 0 Å². The molecule has 0 spiro atoms. The molecule has 0 atom stereocenters. The number of oxazole rings is 1. The number of ketones is 4. The van der Waals surface area contributed by atoms with E-state index in [1.807, 2.05) is 82.3 Å². The number of aromatic nitrogens is 9. The fraction of sp³-hybridized carbons (Fsp3) is 0.352. The number of halogens is 4. The van der Waals surface area contributed by atoms with Gasteiger partial charge in [-0.1, -0.05) is 58.5 Å². The minimum atomic E-state index is -0.196. The van der Waals surface area contributed by atoms with Crippen molar-refractivity contribution in [2.24, 2.45) is 21.7 Å². The summed E-state index contributed by atoms with van der Waals surface area (Å²) in [6.45, 7) is 7.82. The summed E-state index contributed by atoms with van der Waals surface area (Å²) in [5, 5.41) is 30.1. The van der Waals surface area contributed by atoms with Gasteiger partial charge in [-0.2, -0.15) is 29.3 Å². The van der Waals surface area contributed by atoms with Crippen LogP contribution in [0, 0.1) is 49.4 Å². The monoisotopic (exact) mass is 1740 g/mol. The number of aryl methyl sites for hydroxylation is 4. The highest BCUT2D eigenvalue weighted by atomic mass is 35.5. The van der Waals surface area contributed by atoms with Crippen molar-refractivity contribution in [1.29, 1.82) is 0 Å². The van der Waals surface area contributed by atoms with Crippen molar-refractivity contribution in [2.45, 2.75) is 153 Å². The molecule has 12 aromatic rings. The van der Waals surface area contributed by atoms with Gasteiger partial charge < -0.3 is 44.6 Å². The predicted octanol–water partition coefficient (Wildman–Crippen LogP) is 16.4. The molecule has 0 aliphatic heterocycles. The zero-order valence-corrected chi connectivity index (χ0v) is 71.0. The molecule has 122 heavy (non-hydrogen) atoms. The molecule has 26 nitrogen and oxygen atoms in total. The summed E-state index contributed by atoms with van der Waals surface area (Å²) in [6, 6.07) is 42.9. The van der Waals surface area contributed by atoms with Crippen LogP contribution in [-0.2, 0) is 19.2 Å². The summed E-state index contributed by atoms with van der Waals surface area (Å²) in [6.07, 6.45) is 18.2. The molecule has 5 N–H and O–H groups in total. The van der Waals surface area contributed by atoms with E-state index in [1.165, 1.54) is 6.39 Å². The normalized spacial score (nSPS) is 23.8. The van der Waals surface area contributed by atoms with E-state index >= 15 is 0 Å².